The molecule has 4 rings (SSSR count). The molecule has 3 heterocycles. The van der Waals surface area contributed by atoms with Gasteiger partial charge in [-0.1, -0.05) is 12.1 Å². The number of benzene rings is 1. The molecule has 3 aromatic rings. The Bertz CT molecular complexity index is 1030. The molecule has 1 aliphatic rings. The first kappa shape index (κ1) is 20.6. The number of nitrogens with one attached hydrogen (secondary N) is 1. The van der Waals surface area contributed by atoms with Crippen molar-refractivity contribution >= 4 is 11.7 Å². The van der Waals surface area contributed by atoms with Crippen LogP contribution in [0.25, 0.3) is 11.3 Å². The number of hydrogen-bond donors (Lipinski definition) is 1. The molecule has 9 nitrogen and oxygen atoms in total. The summed E-state index contributed by atoms with van der Waals surface area (Å²) < 4.78 is 11.2. The van der Waals surface area contributed by atoms with E-state index in [0.717, 1.165) is 30.0 Å². The van der Waals surface area contributed by atoms with Crippen LogP contribution in [0.15, 0.2) is 42.5 Å². The van der Waals surface area contributed by atoms with Crippen LogP contribution in [0.5, 0.6) is 11.6 Å². The lowest BCUT2D eigenvalue weighted by atomic mass is 10.1. The molecule has 0 spiro atoms. The van der Waals surface area contributed by atoms with E-state index in [1.165, 1.54) is 0 Å². The minimum Gasteiger partial charge on any atom is -0.497 e. The van der Waals surface area contributed by atoms with Gasteiger partial charge in [-0.25, -0.2) is 0 Å². The quantitative estimate of drug-likeness (QED) is 0.652. The number of anilines is 1. The molecule has 0 aliphatic carbocycles. The Kier molecular flexibility index (Phi) is 6.01. The van der Waals surface area contributed by atoms with Crippen LogP contribution in [0.4, 0.5) is 5.82 Å². The van der Waals surface area contributed by atoms with E-state index >= 15 is 0 Å². The van der Waals surface area contributed by atoms with Crippen molar-refractivity contribution < 1.29 is 14.3 Å². The molecule has 1 aliphatic heterocycles. The molecule has 1 unspecified atom stereocenters. The Hall–Kier alpha value is -3.62. The van der Waals surface area contributed by atoms with Gasteiger partial charge < -0.3 is 19.3 Å². The molecular formula is C22H26N6O3. The lowest BCUT2D eigenvalue weighted by molar-refractivity contribution is 0.0520. The fraction of sp³-hybridized carbons (Fsp3) is 0.364. The maximum Gasteiger partial charge on any atom is 0.272 e. The summed E-state index contributed by atoms with van der Waals surface area (Å²) in [6.07, 6.45) is 1.59. The summed E-state index contributed by atoms with van der Waals surface area (Å²) in [7, 11) is 5.43. The molecule has 31 heavy (non-hydrogen) atoms. The SMILES string of the molecule is COc1cccc(-c2cc(C(=O)N3CCCC(Oc4ccc(N(C)C)nn4)C3)[nH]n2)c1. The fourth-order valence-electron chi connectivity index (χ4n) is 3.54. The van der Waals surface area contributed by atoms with Crippen molar-refractivity contribution in [3.8, 4) is 22.9 Å². The molecular weight excluding hydrogens is 396 g/mol. The van der Waals surface area contributed by atoms with Gasteiger partial charge in [0.25, 0.3) is 5.91 Å². The Morgan fingerprint density at radius 2 is 2.06 bits per heavy atom. The van der Waals surface area contributed by atoms with Crippen LogP contribution < -0.4 is 14.4 Å². The summed E-state index contributed by atoms with van der Waals surface area (Å²) in [4.78, 5) is 16.7. The molecule has 1 amide bonds. The van der Waals surface area contributed by atoms with E-state index in [1.807, 2.05) is 49.3 Å². The predicted octanol–water partition coefficient (Wildman–Crippen LogP) is 2.62. The van der Waals surface area contributed by atoms with Gasteiger partial charge in [-0.2, -0.15) is 5.10 Å². The number of aromatic amines is 1. The number of amides is 1. The Morgan fingerprint density at radius 3 is 2.81 bits per heavy atom. The molecule has 0 bridgehead atoms. The highest BCUT2D eigenvalue weighted by molar-refractivity contribution is 5.93. The maximum atomic E-state index is 13.0. The number of methoxy groups -OCH3 is 1. The first-order valence-electron chi connectivity index (χ1n) is 10.2. The van der Waals surface area contributed by atoms with Crippen LogP contribution >= 0.6 is 0 Å². The van der Waals surface area contributed by atoms with E-state index in [2.05, 4.69) is 20.4 Å². The summed E-state index contributed by atoms with van der Waals surface area (Å²) in [6.45, 7) is 1.17. The van der Waals surface area contributed by atoms with E-state index in [1.54, 1.807) is 24.1 Å². The molecule has 2 aromatic heterocycles. The molecule has 1 aromatic carbocycles. The number of likely N-dealkylation sites (tertiary alicyclic amines) is 1. The highest BCUT2D eigenvalue weighted by Gasteiger charge is 2.27. The largest absolute Gasteiger partial charge is 0.497 e. The van der Waals surface area contributed by atoms with Crippen molar-refractivity contribution in [3.05, 3.63) is 48.2 Å². The average molecular weight is 422 g/mol. The molecule has 0 radical (unpaired) electrons. The topological polar surface area (TPSA) is 96.5 Å². The molecule has 0 saturated carbocycles. The molecule has 1 fully saturated rings. The van der Waals surface area contributed by atoms with Gasteiger partial charge in [-0.15, -0.1) is 10.2 Å². The summed E-state index contributed by atoms with van der Waals surface area (Å²) in [6, 6.07) is 13.0. The summed E-state index contributed by atoms with van der Waals surface area (Å²) in [5, 5.41) is 15.4. The monoisotopic (exact) mass is 422 g/mol. The van der Waals surface area contributed by atoms with Crippen molar-refractivity contribution in [2.75, 3.05) is 39.2 Å². The van der Waals surface area contributed by atoms with Crippen molar-refractivity contribution in [2.45, 2.75) is 18.9 Å². The smallest absolute Gasteiger partial charge is 0.272 e. The summed E-state index contributed by atoms with van der Waals surface area (Å²) >= 11 is 0. The lowest BCUT2D eigenvalue weighted by Crippen LogP contribution is -2.44. The van der Waals surface area contributed by atoms with E-state index in [0.29, 0.717) is 30.4 Å². The Morgan fingerprint density at radius 1 is 1.19 bits per heavy atom. The van der Waals surface area contributed by atoms with Gasteiger partial charge in [0.15, 0.2) is 5.82 Å². The van der Waals surface area contributed by atoms with Crippen molar-refractivity contribution in [1.82, 2.24) is 25.3 Å². The van der Waals surface area contributed by atoms with Crippen LogP contribution in [0.3, 0.4) is 0 Å². The predicted molar refractivity (Wildman–Crippen MR) is 116 cm³/mol. The van der Waals surface area contributed by atoms with Crippen LogP contribution in [-0.2, 0) is 0 Å². The number of carbonyl (C=O) groups excluding carboxylic acids is 1. The third kappa shape index (κ3) is 4.76. The number of carbonyl (C=O) groups is 1. The number of rotatable bonds is 6. The molecule has 1 N–H and O–H groups in total. The van der Waals surface area contributed by atoms with Crippen LogP contribution in [0, 0.1) is 0 Å². The highest BCUT2D eigenvalue weighted by atomic mass is 16.5. The second-order valence-electron chi connectivity index (χ2n) is 7.66. The van der Waals surface area contributed by atoms with Gasteiger partial charge in [0, 0.05) is 32.3 Å². The average Bonchev–Trinajstić information content (AvgIpc) is 3.29. The molecule has 1 atom stereocenters. The third-order valence-electron chi connectivity index (χ3n) is 5.21. The first-order valence-corrected chi connectivity index (χ1v) is 10.2. The lowest BCUT2D eigenvalue weighted by Gasteiger charge is -2.32. The second kappa shape index (κ2) is 9.03. The molecule has 1 saturated heterocycles. The number of hydrogen-bond acceptors (Lipinski definition) is 7. The Balaban J connectivity index is 1.41. The van der Waals surface area contributed by atoms with Gasteiger partial charge in [-0.05, 0) is 37.1 Å². The van der Waals surface area contributed by atoms with E-state index in [9.17, 15) is 4.79 Å². The Labute approximate surface area is 181 Å². The van der Waals surface area contributed by atoms with Gasteiger partial charge >= 0.3 is 0 Å². The first-order chi connectivity index (χ1) is 15.0. The van der Waals surface area contributed by atoms with E-state index in [-0.39, 0.29) is 12.0 Å². The van der Waals surface area contributed by atoms with Crippen LogP contribution in [-0.4, -0.2) is 71.6 Å². The van der Waals surface area contributed by atoms with Gasteiger partial charge in [0.05, 0.1) is 19.3 Å². The van der Waals surface area contributed by atoms with Gasteiger partial charge in [-0.3, -0.25) is 9.89 Å². The van der Waals surface area contributed by atoms with Crippen LogP contribution in [0.2, 0.25) is 0 Å². The van der Waals surface area contributed by atoms with Crippen molar-refractivity contribution in [3.63, 3.8) is 0 Å². The number of aromatic nitrogens is 4. The maximum absolute atomic E-state index is 13.0. The van der Waals surface area contributed by atoms with Crippen LogP contribution in [0.1, 0.15) is 23.3 Å². The summed E-state index contributed by atoms with van der Waals surface area (Å²) in [5.41, 5.74) is 2.03. The highest BCUT2D eigenvalue weighted by Crippen LogP contribution is 2.24. The van der Waals surface area contributed by atoms with E-state index in [4.69, 9.17) is 9.47 Å². The number of ether oxygens (including phenoxy) is 2. The fourth-order valence-corrected chi connectivity index (χ4v) is 3.54. The number of nitrogens with zero attached hydrogens (tertiary/aromatic N) is 5. The number of piperidine rings is 1. The minimum atomic E-state index is -0.127. The zero-order valence-electron chi connectivity index (χ0n) is 17.9. The molecule has 162 valence electrons. The second-order valence-corrected chi connectivity index (χ2v) is 7.66. The standard InChI is InChI=1S/C22H26N6O3/c1-27(2)20-9-10-21(26-25-20)31-17-8-5-11-28(14-17)22(29)19-13-18(23-24-19)15-6-4-7-16(12-15)30-3/h4,6-7,9-10,12-13,17H,5,8,11,14H2,1-3H3,(H,23,24). The normalized spacial score (nSPS) is 16.1. The van der Waals surface area contributed by atoms with Gasteiger partial charge in [0.1, 0.15) is 17.5 Å². The minimum absolute atomic E-state index is 0.0935. The summed E-state index contributed by atoms with van der Waals surface area (Å²) in [5.74, 6) is 1.88. The van der Waals surface area contributed by atoms with Crippen molar-refractivity contribution in [1.29, 1.82) is 0 Å². The van der Waals surface area contributed by atoms with E-state index < -0.39 is 0 Å². The van der Waals surface area contributed by atoms with Gasteiger partial charge in [0.2, 0.25) is 5.88 Å². The zero-order chi connectivity index (χ0) is 21.8. The molecule has 9 heteroatoms. The zero-order valence-corrected chi connectivity index (χ0v) is 17.9. The number of H-pyrrole nitrogens is 1. The van der Waals surface area contributed by atoms with Crippen molar-refractivity contribution in [2.24, 2.45) is 0 Å². The third-order valence-corrected chi connectivity index (χ3v) is 5.21.